The monoisotopic (exact) mass is 389 g/mol. The fourth-order valence-electron chi connectivity index (χ4n) is 2.94. The van der Waals surface area contributed by atoms with Crippen LogP contribution >= 0.6 is 22.9 Å². The average Bonchev–Trinajstić information content (AvgIpc) is 3.23. The molecule has 136 valence electrons. The van der Waals surface area contributed by atoms with Crippen LogP contribution in [0.4, 0.5) is 0 Å². The van der Waals surface area contributed by atoms with Gasteiger partial charge in [0.25, 0.3) is 5.78 Å². The van der Waals surface area contributed by atoms with Crippen molar-refractivity contribution in [2.45, 2.75) is 33.2 Å². The van der Waals surface area contributed by atoms with Gasteiger partial charge in [0, 0.05) is 29.2 Å². The highest BCUT2D eigenvalue weighted by atomic mass is 35.5. The highest BCUT2D eigenvalue weighted by Gasteiger charge is 2.17. The lowest BCUT2D eigenvalue weighted by Gasteiger charge is -2.21. The van der Waals surface area contributed by atoms with Gasteiger partial charge in [-0.2, -0.15) is 10.1 Å². The van der Waals surface area contributed by atoms with Gasteiger partial charge in [-0.15, -0.1) is 17.9 Å². The van der Waals surface area contributed by atoms with Crippen LogP contribution in [-0.2, 0) is 17.8 Å². The van der Waals surface area contributed by atoms with E-state index in [2.05, 4.69) is 21.6 Å². The Morgan fingerprint density at radius 1 is 1.42 bits per heavy atom. The molecular weight excluding hydrogens is 370 g/mol. The lowest BCUT2D eigenvalue weighted by Crippen LogP contribution is -2.30. The first-order valence-corrected chi connectivity index (χ1v) is 9.47. The highest BCUT2D eigenvalue weighted by Crippen LogP contribution is 2.23. The van der Waals surface area contributed by atoms with Crippen molar-refractivity contribution in [2.24, 2.45) is 0 Å². The van der Waals surface area contributed by atoms with Gasteiger partial charge in [0.15, 0.2) is 0 Å². The minimum atomic E-state index is 0.0758. The zero-order valence-electron chi connectivity index (χ0n) is 14.8. The van der Waals surface area contributed by atoms with Gasteiger partial charge in [-0.3, -0.25) is 4.79 Å². The Hall–Kier alpha value is -2.25. The van der Waals surface area contributed by atoms with E-state index in [1.165, 1.54) is 17.7 Å². The van der Waals surface area contributed by atoms with Crippen LogP contribution in [0, 0.1) is 13.8 Å². The zero-order chi connectivity index (χ0) is 18.7. The van der Waals surface area contributed by atoms with E-state index in [-0.39, 0.29) is 5.91 Å². The number of carbonyl (C=O) groups excluding carboxylic acids is 1. The maximum absolute atomic E-state index is 12.7. The molecule has 0 spiro atoms. The summed E-state index contributed by atoms with van der Waals surface area (Å²) in [6.07, 6.45) is 4.24. The van der Waals surface area contributed by atoms with E-state index in [4.69, 9.17) is 11.6 Å². The van der Waals surface area contributed by atoms with Crippen LogP contribution in [0.5, 0.6) is 0 Å². The molecule has 3 aromatic rings. The lowest BCUT2D eigenvalue weighted by molar-refractivity contribution is -0.131. The molecule has 3 rings (SSSR count). The number of thiophene rings is 1. The molecule has 3 heterocycles. The predicted octanol–water partition coefficient (Wildman–Crippen LogP) is 3.60. The fraction of sp³-hybridized carbons (Fsp3) is 0.333. The van der Waals surface area contributed by atoms with Crippen molar-refractivity contribution in [3.8, 4) is 0 Å². The summed E-state index contributed by atoms with van der Waals surface area (Å²) in [5.41, 5.74) is 2.89. The van der Waals surface area contributed by atoms with E-state index in [9.17, 15) is 4.79 Å². The van der Waals surface area contributed by atoms with Gasteiger partial charge in [0.05, 0.1) is 10.9 Å². The van der Waals surface area contributed by atoms with Gasteiger partial charge >= 0.3 is 0 Å². The maximum Gasteiger partial charge on any atom is 0.252 e. The molecule has 6 nitrogen and oxygen atoms in total. The molecule has 0 saturated heterocycles. The number of carbonyl (C=O) groups is 1. The molecular formula is C18H20ClN5OS. The normalized spacial score (nSPS) is 11.0. The summed E-state index contributed by atoms with van der Waals surface area (Å²) < 4.78 is 2.44. The van der Waals surface area contributed by atoms with E-state index >= 15 is 0 Å². The molecule has 0 N–H and O–H groups in total. The zero-order valence-corrected chi connectivity index (χ0v) is 16.3. The number of halogens is 1. The molecule has 0 atom stereocenters. The standard InChI is InChI=1S/C18H20ClN5OS/c1-4-9-23(10-14-5-7-16(19)26-14)17(25)8-6-15-12(2)22-18-20-11-21-24(18)13(15)3/h4-5,7,11H,1,6,8-10H2,2-3H3. The molecule has 0 aliphatic carbocycles. The largest absolute Gasteiger partial charge is 0.334 e. The quantitative estimate of drug-likeness (QED) is 0.579. The molecule has 8 heteroatoms. The third-order valence-electron chi connectivity index (χ3n) is 4.26. The van der Waals surface area contributed by atoms with Crippen molar-refractivity contribution in [1.82, 2.24) is 24.5 Å². The molecule has 0 radical (unpaired) electrons. The van der Waals surface area contributed by atoms with Crippen molar-refractivity contribution in [3.63, 3.8) is 0 Å². The summed E-state index contributed by atoms with van der Waals surface area (Å²) in [7, 11) is 0. The van der Waals surface area contributed by atoms with E-state index in [0.29, 0.717) is 31.7 Å². The molecule has 0 aliphatic rings. The average molecular weight is 390 g/mol. The van der Waals surface area contributed by atoms with Gasteiger partial charge in [-0.05, 0) is 38.0 Å². The molecule has 0 aromatic carbocycles. The second-order valence-electron chi connectivity index (χ2n) is 6.00. The lowest BCUT2D eigenvalue weighted by atomic mass is 10.1. The fourth-order valence-corrected chi connectivity index (χ4v) is 4.05. The van der Waals surface area contributed by atoms with Crippen LogP contribution in [0.25, 0.3) is 5.78 Å². The Labute approximate surface area is 161 Å². The number of rotatable bonds is 7. The Balaban J connectivity index is 1.72. The first kappa shape index (κ1) is 18.5. The second-order valence-corrected chi connectivity index (χ2v) is 7.80. The topological polar surface area (TPSA) is 63.4 Å². The van der Waals surface area contributed by atoms with Gasteiger partial charge in [-0.1, -0.05) is 17.7 Å². The third kappa shape index (κ3) is 3.94. The van der Waals surface area contributed by atoms with Gasteiger partial charge in [0.1, 0.15) is 6.33 Å². The smallest absolute Gasteiger partial charge is 0.252 e. The van der Waals surface area contributed by atoms with Crippen molar-refractivity contribution < 1.29 is 4.79 Å². The number of fused-ring (bicyclic) bond motifs is 1. The predicted molar refractivity (Wildman–Crippen MR) is 104 cm³/mol. The molecule has 0 aliphatic heterocycles. The molecule has 3 aromatic heterocycles. The molecule has 0 unspecified atom stereocenters. The molecule has 0 saturated carbocycles. The van der Waals surface area contributed by atoms with Crippen LogP contribution in [0.2, 0.25) is 4.34 Å². The van der Waals surface area contributed by atoms with E-state index in [0.717, 1.165) is 26.2 Å². The van der Waals surface area contributed by atoms with Crippen LogP contribution in [0.15, 0.2) is 31.1 Å². The number of amides is 1. The molecule has 26 heavy (non-hydrogen) atoms. The van der Waals surface area contributed by atoms with Crippen molar-refractivity contribution in [3.05, 3.63) is 57.3 Å². The van der Waals surface area contributed by atoms with Crippen molar-refractivity contribution >= 4 is 34.6 Å². The molecule has 1 amide bonds. The number of aromatic nitrogens is 4. The minimum absolute atomic E-state index is 0.0758. The van der Waals surface area contributed by atoms with Crippen LogP contribution in [-0.4, -0.2) is 36.9 Å². The maximum atomic E-state index is 12.7. The van der Waals surface area contributed by atoms with E-state index < -0.39 is 0 Å². The van der Waals surface area contributed by atoms with Crippen LogP contribution < -0.4 is 0 Å². The Bertz CT molecular complexity index is 948. The number of hydrogen-bond donors (Lipinski definition) is 0. The van der Waals surface area contributed by atoms with Crippen LogP contribution in [0.3, 0.4) is 0 Å². The van der Waals surface area contributed by atoms with Crippen LogP contribution in [0.1, 0.15) is 28.2 Å². The Kier molecular flexibility index (Phi) is 5.68. The summed E-state index contributed by atoms with van der Waals surface area (Å²) in [5.74, 6) is 0.657. The van der Waals surface area contributed by atoms with Crippen molar-refractivity contribution in [2.75, 3.05) is 6.54 Å². The molecule has 0 fully saturated rings. The number of aryl methyl sites for hydroxylation is 2. The minimum Gasteiger partial charge on any atom is -0.334 e. The first-order valence-electron chi connectivity index (χ1n) is 8.28. The van der Waals surface area contributed by atoms with Gasteiger partial charge < -0.3 is 4.90 Å². The first-order chi connectivity index (χ1) is 12.5. The van der Waals surface area contributed by atoms with E-state index in [1.54, 1.807) is 15.5 Å². The highest BCUT2D eigenvalue weighted by molar-refractivity contribution is 7.16. The summed E-state index contributed by atoms with van der Waals surface area (Å²) in [5, 5.41) is 4.19. The third-order valence-corrected chi connectivity index (χ3v) is 5.47. The number of nitrogens with zero attached hydrogens (tertiary/aromatic N) is 5. The number of hydrogen-bond acceptors (Lipinski definition) is 5. The van der Waals surface area contributed by atoms with E-state index in [1.807, 2.05) is 26.0 Å². The summed E-state index contributed by atoms with van der Waals surface area (Å²) in [6.45, 7) is 8.73. The summed E-state index contributed by atoms with van der Waals surface area (Å²) in [6, 6.07) is 3.80. The SMILES string of the molecule is C=CCN(Cc1ccc(Cl)s1)C(=O)CCc1c(C)nc2ncnn2c1C. The van der Waals surface area contributed by atoms with Gasteiger partial charge in [-0.25, -0.2) is 9.50 Å². The summed E-state index contributed by atoms with van der Waals surface area (Å²) >= 11 is 7.48. The van der Waals surface area contributed by atoms with Crippen molar-refractivity contribution in [1.29, 1.82) is 0 Å². The molecule has 0 bridgehead atoms. The Morgan fingerprint density at radius 3 is 2.92 bits per heavy atom. The Morgan fingerprint density at radius 2 is 2.23 bits per heavy atom. The summed E-state index contributed by atoms with van der Waals surface area (Å²) in [4.78, 5) is 24.2. The second kappa shape index (κ2) is 7.97. The van der Waals surface area contributed by atoms with Gasteiger partial charge in [0.2, 0.25) is 5.91 Å².